The second-order valence-corrected chi connectivity index (χ2v) is 5.74. The normalized spacial score (nSPS) is 30.3. The first-order valence-electron chi connectivity index (χ1n) is 7.07. The molecule has 6 heteroatoms. The molecule has 0 saturated carbocycles. The first kappa shape index (κ1) is 12.0. The number of ether oxygens (including phenoxy) is 2. The minimum absolute atomic E-state index is 0.129. The van der Waals surface area contributed by atoms with Crippen LogP contribution in [-0.2, 0) is 0 Å². The molecule has 2 bridgehead atoms. The van der Waals surface area contributed by atoms with Crippen LogP contribution in [0.4, 0.5) is 0 Å². The highest BCUT2D eigenvalue weighted by atomic mass is 16.7. The van der Waals surface area contributed by atoms with Crippen molar-refractivity contribution in [3.63, 3.8) is 0 Å². The van der Waals surface area contributed by atoms with Crippen molar-refractivity contribution in [2.24, 2.45) is 5.92 Å². The molecule has 2 fully saturated rings. The lowest BCUT2D eigenvalue weighted by Gasteiger charge is -2.30. The van der Waals surface area contributed by atoms with Gasteiger partial charge in [-0.2, -0.15) is 0 Å². The van der Waals surface area contributed by atoms with E-state index >= 15 is 0 Å². The molecule has 0 aromatic carbocycles. The van der Waals surface area contributed by atoms with Crippen LogP contribution in [0.5, 0.6) is 11.5 Å². The van der Waals surface area contributed by atoms with E-state index in [1.807, 2.05) is 0 Å². The van der Waals surface area contributed by atoms with Crippen molar-refractivity contribution in [2.75, 3.05) is 26.4 Å². The molecule has 4 rings (SSSR count). The maximum Gasteiger partial charge on any atom is 0.270 e. The molecule has 3 aliphatic rings. The second kappa shape index (κ2) is 4.63. The Kier molecular flexibility index (Phi) is 2.77. The minimum atomic E-state index is -0.129. The zero-order chi connectivity index (χ0) is 13.5. The first-order valence-corrected chi connectivity index (χ1v) is 7.07. The Balaban J connectivity index is 1.45. The Bertz CT molecular complexity index is 536. The molecule has 0 radical (unpaired) electrons. The van der Waals surface area contributed by atoms with E-state index in [1.54, 1.807) is 12.3 Å². The van der Waals surface area contributed by atoms with Gasteiger partial charge in [0.05, 0.1) is 6.20 Å². The van der Waals surface area contributed by atoms with Crippen molar-refractivity contribution in [3.8, 4) is 11.5 Å². The number of carbonyl (C=O) groups is 1. The van der Waals surface area contributed by atoms with E-state index < -0.39 is 0 Å². The predicted molar refractivity (Wildman–Crippen MR) is 70.8 cm³/mol. The Morgan fingerprint density at radius 2 is 2.25 bits per heavy atom. The number of fused-ring (bicyclic) bond motifs is 3. The fraction of sp³-hybridized carbons (Fsp3) is 0.571. The Labute approximate surface area is 117 Å². The van der Waals surface area contributed by atoms with Crippen molar-refractivity contribution in [1.82, 2.24) is 15.2 Å². The molecule has 3 atom stereocenters. The van der Waals surface area contributed by atoms with Gasteiger partial charge in [0.2, 0.25) is 6.79 Å². The van der Waals surface area contributed by atoms with Crippen molar-refractivity contribution in [1.29, 1.82) is 0 Å². The van der Waals surface area contributed by atoms with E-state index in [2.05, 4.69) is 15.2 Å². The number of hydrogen-bond acceptors (Lipinski definition) is 5. The molecule has 0 aliphatic carbocycles. The molecule has 4 heterocycles. The van der Waals surface area contributed by atoms with Crippen LogP contribution >= 0.6 is 0 Å². The number of aromatic nitrogens is 1. The first-order chi connectivity index (χ1) is 9.78. The lowest BCUT2D eigenvalue weighted by Crippen LogP contribution is -2.47. The topological polar surface area (TPSA) is 63.7 Å². The summed E-state index contributed by atoms with van der Waals surface area (Å²) in [4.78, 5) is 18.8. The maximum absolute atomic E-state index is 12.3. The molecule has 2 saturated heterocycles. The fourth-order valence-electron chi connectivity index (χ4n) is 3.35. The third-order valence-corrected chi connectivity index (χ3v) is 4.29. The van der Waals surface area contributed by atoms with E-state index in [0.717, 1.165) is 18.9 Å². The van der Waals surface area contributed by atoms with Crippen LogP contribution in [0.25, 0.3) is 0 Å². The van der Waals surface area contributed by atoms with Gasteiger partial charge in [-0.05, 0) is 25.3 Å². The number of carbonyl (C=O) groups excluding carboxylic acids is 1. The highest BCUT2D eigenvalue weighted by Gasteiger charge is 2.33. The summed E-state index contributed by atoms with van der Waals surface area (Å²) in [7, 11) is 0. The van der Waals surface area contributed by atoms with E-state index in [9.17, 15) is 4.79 Å². The maximum atomic E-state index is 12.3. The van der Waals surface area contributed by atoms with Crippen molar-refractivity contribution in [2.45, 2.75) is 18.9 Å². The largest absolute Gasteiger partial charge is 0.453 e. The zero-order valence-electron chi connectivity index (χ0n) is 11.2. The summed E-state index contributed by atoms with van der Waals surface area (Å²) in [6.45, 7) is 3.50. The van der Waals surface area contributed by atoms with E-state index in [-0.39, 0.29) is 18.7 Å². The van der Waals surface area contributed by atoms with Gasteiger partial charge in [-0.25, -0.2) is 4.98 Å². The summed E-state index contributed by atoms with van der Waals surface area (Å²) < 4.78 is 10.5. The van der Waals surface area contributed by atoms with Gasteiger partial charge in [-0.1, -0.05) is 0 Å². The molecule has 3 unspecified atom stereocenters. The number of hydrogen-bond donors (Lipinski definition) is 1. The van der Waals surface area contributed by atoms with Gasteiger partial charge in [-0.15, -0.1) is 0 Å². The van der Waals surface area contributed by atoms with Crippen LogP contribution in [0.2, 0.25) is 0 Å². The van der Waals surface area contributed by atoms with Gasteiger partial charge >= 0.3 is 0 Å². The molecular weight excluding hydrogens is 258 g/mol. The number of rotatable bonds is 2. The summed E-state index contributed by atoms with van der Waals surface area (Å²) in [6, 6.07) is 1.88. The quantitative estimate of drug-likeness (QED) is 0.858. The molecule has 6 nitrogen and oxygen atoms in total. The lowest BCUT2D eigenvalue weighted by atomic mass is 9.97. The fourth-order valence-corrected chi connectivity index (χ4v) is 3.35. The number of piperidine rings is 1. The molecular formula is C14H17N3O3. The SMILES string of the molecule is O=C(NC1CC2CCN(C2)C1)c1cc2c(cn1)OCO2. The monoisotopic (exact) mass is 275 g/mol. The third kappa shape index (κ3) is 2.10. The van der Waals surface area contributed by atoms with Gasteiger partial charge in [0, 0.05) is 25.2 Å². The Hall–Kier alpha value is -1.82. The van der Waals surface area contributed by atoms with E-state index in [0.29, 0.717) is 17.2 Å². The summed E-state index contributed by atoms with van der Waals surface area (Å²) in [6.07, 6.45) is 3.88. The van der Waals surface area contributed by atoms with Crippen LogP contribution in [0.15, 0.2) is 12.3 Å². The molecule has 3 aliphatic heterocycles. The Morgan fingerprint density at radius 3 is 3.15 bits per heavy atom. The van der Waals surface area contributed by atoms with Gasteiger partial charge < -0.3 is 19.7 Å². The van der Waals surface area contributed by atoms with Gasteiger partial charge in [-0.3, -0.25) is 4.79 Å². The number of pyridine rings is 1. The molecule has 1 N–H and O–H groups in total. The highest BCUT2D eigenvalue weighted by Crippen LogP contribution is 2.31. The molecule has 106 valence electrons. The predicted octanol–water partition coefficient (Wildman–Crippen LogP) is 0.634. The zero-order valence-corrected chi connectivity index (χ0v) is 11.2. The van der Waals surface area contributed by atoms with Crippen molar-refractivity contribution < 1.29 is 14.3 Å². The van der Waals surface area contributed by atoms with Gasteiger partial charge in [0.1, 0.15) is 5.69 Å². The van der Waals surface area contributed by atoms with Crippen LogP contribution < -0.4 is 14.8 Å². The van der Waals surface area contributed by atoms with Gasteiger partial charge in [0.25, 0.3) is 5.91 Å². The van der Waals surface area contributed by atoms with Crippen LogP contribution in [-0.4, -0.2) is 48.3 Å². The average Bonchev–Trinajstić information content (AvgIpc) is 3.04. The average molecular weight is 275 g/mol. The summed E-state index contributed by atoms with van der Waals surface area (Å²) in [5.41, 5.74) is 0.391. The summed E-state index contributed by atoms with van der Waals surface area (Å²) in [5, 5.41) is 3.09. The second-order valence-electron chi connectivity index (χ2n) is 5.74. The summed E-state index contributed by atoms with van der Waals surface area (Å²) in [5.74, 6) is 1.80. The van der Waals surface area contributed by atoms with Crippen molar-refractivity contribution >= 4 is 5.91 Å². The molecule has 0 spiro atoms. The number of nitrogens with one attached hydrogen (secondary N) is 1. The molecule has 1 aromatic rings. The minimum Gasteiger partial charge on any atom is -0.453 e. The van der Waals surface area contributed by atoms with Crippen molar-refractivity contribution in [3.05, 3.63) is 18.0 Å². The van der Waals surface area contributed by atoms with Crippen LogP contribution in [0, 0.1) is 5.92 Å². The molecule has 1 amide bonds. The van der Waals surface area contributed by atoms with E-state index in [1.165, 1.54) is 19.5 Å². The lowest BCUT2D eigenvalue weighted by molar-refractivity contribution is 0.0904. The van der Waals surface area contributed by atoms with E-state index in [4.69, 9.17) is 9.47 Å². The standard InChI is InChI=1S/C14H17N3O3/c18-14(11-4-12-13(5-15-11)20-8-19-12)16-10-3-9-1-2-17(6-9)7-10/h4-5,9-10H,1-3,6-8H2,(H,16,18). The molecule has 20 heavy (non-hydrogen) atoms. The Morgan fingerprint density at radius 1 is 1.35 bits per heavy atom. The van der Waals surface area contributed by atoms with Crippen LogP contribution in [0.1, 0.15) is 23.3 Å². The smallest absolute Gasteiger partial charge is 0.270 e. The highest BCUT2D eigenvalue weighted by molar-refractivity contribution is 5.93. The third-order valence-electron chi connectivity index (χ3n) is 4.29. The summed E-state index contributed by atoms with van der Waals surface area (Å²) >= 11 is 0. The van der Waals surface area contributed by atoms with Crippen LogP contribution in [0.3, 0.4) is 0 Å². The van der Waals surface area contributed by atoms with Gasteiger partial charge in [0.15, 0.2) is 11.5 Å². The molecule has 1 aromatic heterocycles. The number of amides is 1. The number of nitrogens with zero attached hydrogens (tertiary/aromatic N) is 2.